The van der Waals surface area contributed by atoms with Crippen molar-refractivity contribution in [3.8, 4) is 0 Å². The molecule has 0 aliphatic carbocycles. The second-order valence-electron chi connectivity index (χ2n) is 8.53. The van der Waals surface area contributed by atoms with Gasteiger partial charge in [0, 0.05) is 23.8 Å². The van der Waals surface area contributed by atoms with E-state index in [0.717, 1.165) is 55.6 Å². The Balaban J connectivity index is 1.87. The number of rotatable bonds is 9. The standard InChI is InChI=1S/C26H33ClN2O3/c1-3-4-16-32-26(31)20-10-8-19(9-11-20)24(25(28)30)18(2)22-17-21(27)12-13-23(22)29-14-6-5-7-15-29/h8-13,17-18,24H,3-7,14-16H2,1-2H3,(H2,28,30). The molecular formula is C26H33ClN2O3. The second kappa shape index (κ2) is 11.4. The summed E-state index contributed by atoms with van der Waals surface area (Å²) in [6, 6.07) is 12.9. The number of primary amides is 1. The number of unbranched alkanes of at least 4 members (excludes halogenated alkanes) is 1. The monoisotopic (exact) mass is 456 g/mol. The molecular weight excluding hydrogens is 424 g/mol. The number of benzene rings is 2. The van der Waals surface area contributed by atoms with Crippen LogP contribution < -0.4 is 10.6 Å². The van der Waals surface area contributed by atoms with E-state index in [1.165, 1.54) is 6.42 Å². The Kier molecular flexibility index (Phi) is 8.57. The first kappa shape index (κ1) is 24.1. The van der Waals surface area contributed by atoms with Gasteiger partial charge in [-0.05, 0) is 73.1 Å². The van der Waals surface area contributed by atoms with Gasteiger partial charge in [0.1, 0.15) is 0 Å². The Morgan fingerprint density at radius 1 is 1.09 bits per heavy atom. The predicted octanol–water partition coefficient (Wildman–Crippen LogP) is 5.66. The number of esters is 1. The maximum Gasteiger partial charge on any atom is 0.338 e. The van der Waals surface area contributed by atoms with Gasteiger partial charge in [-0.15, -0.1) is 0 Å². The molecule has 2 N–H and O–H groups in total. The number of halogens is 1. The molecule has 5 nitrogen and oxygen atoms in total. The number of carbonyl (C=O) groups excluding carboxylic acids is 2. The van der Waals surface area contributed by atoms with Gasteiger partial charge in [0.05, 0.1) is 18.1 Å². The molecule has 2 aromatic rings. The Hall–Kier alpha value is -2.53. The van der Waals surface area contributed by atoms with E-state index in [-0.39, 0.29) is 11.9 Å². The molecule has 2 atom stereocenters. The Morgan fingerprint density at radius 3 is 2.41 bits per heavy atom. The molecule has 0 spiro atoms. The van der Waals surface area contributed by atoms with Gasteiger partial charge in [-0.2, -0.15) is 0 Å². The maximum absolute atomic E-state index is 12.6. The van der Waals surface area contributed by atoms with E-state index in [2.05, 4.69) is 4.90 Å². The smallest absolute Gasteiger partial charge is 0.338 e. The van der Waals surface area contributed by atoms with Gasteiger partial charge in [0.25, 0.3) is 0 Å². The lowest BCUT2D eigenvalue weighted by atomic mass is 9.81. The summed E-state index contributed by atoms with van der Waals surface area (Å²) in [4.78, 5) is 27.2. The fraction of sp³-hybridized carbons (Fsp3) is 0.462. The van der Waals surface area contributed by atoms with Crippen molar-refractivity contribution in [2.45, 2.75) is 57.8 Å². The normalized spacial score (nSPS) is 15.8. The van der Waals surface area contributed by atoms with Crippen molar-refractivity contribution in [1.82, 2.24) is 0 Å². The van der Waals surface area contributed by atoms with E-state index in [9.17, 15) is 9.59 Å². The van der Waals surface area contributed by atoms with Crippen LogP contribution in [0.1, 0.15) is 79.3 Å². The van der Waals surface area contributed by atoms with Crippen molar-refractivity contribution in [1.29, 1.82) is 0 Å². The number of hydrogen-bond acceptors (Lipinski definition) is 4. The molecule has 6 heteroatoms. The van der Waals surface area contributed by atoms with Crippen molar-refractivity contribution in [3.05, 3.63) is 64.2 Å². The quantitative estimate of drug-likeness (QED) is 0.390. The number of anilines is 1. The minimum absolute atomic E-state index is 0.175. The highest BCUT2D eigenvalue weighted by Gasteiger charge is 2.29. The van der Waals surface area contributed by atoms with Crippen LogP contribution in [0.2, 0.25) is 5.02 Å². The van der Waals surface area contributed by atoms with E-state index >= 15 is 0 Å². The van der Waals surface area contributed by atoms with Gasteiger partial charge in [0.15, 0.2) is 0 Å². The van der Waals surface area contributed by atoms with Gasteiger partial charge in [-0.3, -0.25) is 4.79 Å². The highest BCUT2D eigenvalue weighted by atomic mass is 35.5. The molecule has 0 radical (unpaired) electrons. The van der Waals surface area contributed by atoms with E-state index in [1.807, 2.05) is 32.0 Å². The number of amides is 1. The molecule has 1 fully saturated rings. The van der Waals surface area contributed by atoms with E-state index in [0.29, 0.717) is 17.2 Å². The molecule has 1 aliphatic heterocycles. The van der Waals surface area contributed by atoms with Crippen LogP contribution >= 0.6 is 11.6 Å². The van der Waals surface area contributed by atoms with Crippen molar-refractivity contribution in [2.75, 3.05) is 24.6 Å². The molecule has 1 heterocycles. The second-order valence-corrected chi connectivity index (χ2v) is 8.97. The van der Waals surface area contributed by atoms with Crippen molar-refractivity contribution in [3.63, 3.8) is 0 Å². The lowest BCUT2D eigenvalue weighted by Gasteiger charge is -2.33. The number of hydrogen-bond donors (Lipinski definition) is 1. The van der Waals surface area contributed by atoms with Crippen LogP contribution in [0, 0.1) is 0 Å². The summed E-state index contributed by atoms with van der Waals surface area (Å²) in [5.74, 6) is -1.47. The number of nitrogens with zero attached hydrogens (tertiary/aromatic N) is 1. The van der Waals surface area contributed by atoms with Gasteiger partial charge >= 0.3 is 5.97 Å². The number of piperidine rings is 1. The zero-order chi connectivity index (χ0) is 23.1. The van der Waals surface area contributed by atoms with Crippen LogP contribution in [0.25, 0.3) is 0 Å². The topological polar surface area (TPSA) is 72.6 Å². The summed E-state index contributed by atoms with van der Waals surface area (Å²) in [5.41, 5.74) is 9.26. The Morgan fingerprint density at radius 2 is 1.78 bits per heavy atom. The van der Waals surface area contributed by atoms with Gasteiger partial charge in [-0.1, -0.05) is 44.0 Å². The highest BCUT2D eigenvalue weighted by Crippen LogP contribution is 2.39. The SMILES string of the molecule is CCCCOC(=O)c1ccc(C(C(N)=O)C(C)c2cc(Cl)ccc2N2CCCCC2)cc1. The molecule has 2 aromatic carbocycles. The average Bonchev–Trinajstić information content (AvgIpc) is 2.80. The molecule has 1 saturated heterocycles. The Bertz CT molecular complexity index is 923. The molecule has 172 valence electrons. The molecule has 0 bridgehead atoms. The molecule has 0 aromatic heterocycles. The summed E-state index contributed by atoms with van der Waals surface area (Å²) in [7, 11) is 0. The summed E-state index contributed by atoms with van der Waals surface area (Å²) in [5, 5.41) is 0.640. The van der Waals surface area contributed by atoms with Crippen molar-refractivity contribution in [2.24, 2.45) is 5.73 Å². The van der Waals surface area contributed by atoms with Gasteiger partial charge in [-0.25, -0.2) is 4.79 Å². The largest absolute Gasteiger partial charge is 0.462 e. The molecule has 2 unspecified atom stereocenters. The average molecular weight is 457 g/mol. The van der Waals surface area contributed by atoms with Crippen molar-refractivity contribution < 1.29 is 14.3 Å². The first-order valence-corrected chi connectivity index (χ1v) is 11.9. The van der Waals surface area contributed by atoms with Crippen LogP contribution in [0.3, 0.4) is 0 Å². The van der Waals surface area contributed by atoms with Crippen LogP contribution in [-0.4, -0.2) is 31.6 Å². The third-order valence-electron chi connectivity index (χ3n) is 6.22. The molecule has 1 aliphatic rings. The summed E-state index contributed by atoms with van der Waals surface area (Å²) < 4.78 is 5.28. The molecule has 3 rings (SSSR count). The summed E-state index contributed by atoms with van der Waals surface area (Å²) in [6.07, 6.45) is 5.36. The lowest BCUT2D eigenvalue weighted by molar-refractivity contribution is -0.119. The van der Waals surface area contributed by atoms with E-state index in [1.54, 1.807) is 24.3 Å². The van der Waals surface area contributed by atoms with Gasteiger partial charge < -0.3 is 15.4 Å². The number of carbonyl (C=O) groups is 2. The third kappa shape index (κ3) is 5.83. The van der Waals surface area contributed by atoms with Gasteiger partial charge in [0.2, 0.25) is 5.91 Å². The fourth-order valence-electron chi connectivity index (χ4n) is 4.41. The first-order chi connectivity index (χ1) is 15.4. The minimum Gasteiger partial charge on any atom is -0.462 e. The molecule has 0 saturated carbocycles. The molecule has 32 heavy (non-hydrogen) atoms. The van der Waals surface area contributed by atoms with E-state index < -0.39 is 11.8 Å². The predicted molar refractivity (Wildman–Crippen MR) is 129 cm³/mol. The van der Waals surface area contributed by atoms with Crippen LogP contribution in [0.15, 0.2) is 42.5 Å². The fourth-order valence-corrected chi connectivity index (χ4v) is 4.59. The van der Waals surface area contributed by atoms with Crippen LogP contribution in [0.4, 0.5) is 5.69 Å². The third-order valence-corrected chi connectivity index (χ3v) is 6.46. The maximum atomic E-state index is 12.6. The first-order valence-electron chi connectivity index (χ1n) is 11.5. The highest BCUT2D eigenvalue weighted by molar-refractivity contribution is 6.30. The van der Waals surface area contributed by atoms with E-state index in [4.69, 9.17) is 22.1 Å². The molecule has 1 amide bonds. The van der Waals surface area contributed by atoms with Crippen LogP contribution in [0.5, 0.6) is 0 Å². The summed E-state index contributed by atoms with van der Waals surface area (Å²) in [6.45, 7) is 6.47. The zero-order valence-corrected chi connectivity index (χ0v) is 19.7. The Labute approximate surface area is 195 Å². The minimum atomic E-state index is -0.540. The number of nitrogens with two attached hydrogens (primary N) is 1. The van der Waals surface area contributed by atoms with Crippen LogP contribution in [-0.2, 0) is 9.53 Å². The lowest BCUT2D eigenvalue weighted by Crippen LogP contribution is -2.32. The summed E-state index contributed by atoms with van der Waals surface area (Å²) >= 11 is 6.35. The number of ether oxygens (including phenoxy) is 1. The zero-order valence-electron chi connectivity index (χ0n) is 19.0. The van der Waals surface area contributed by atoms with Crippen molar-refractivity contribution >= 4 is 29.2 Å².